The number of hydrogen-bond donors (Lipinski definition) is 1. The zero-order valence-electron chi connectivity index (χ0n) is 10.3. The number of hydrogen-bond acceptors (Lipinski definition) is 5. The van der Waals surface area contributed by atoms with Crippen LogP contribution >= 0.6 is 15.9 Å². The van der Waals surface area contributed by atoms with Gasteiger partial charge in [-0.05, 0) is 28.9 Å². The van der Waals surface area contributed by atoms with Crippen molar-refractivity contribution in [1.82, 2.24) is 30.3 Å². The van der Waals surface area contributed by atoms with Crippen LogP contribution in [-0.2, 0) is 7.05 Å². The summed E-state index contributed by atoms with van der Waals surface area (Å²) in [5.41, 5.74) is 1.97. The standard InChI is InChI=1S/C11H15BrN6/c1-3-4-15-9(8-5-13-7-14-6-8)10-11(12)16-17-18(10)2/h5-7,9,15H,3-4H2,1-2H3. The number of nitrogens with zero attached hydrogens (tertiary/aromatic N) is 5. The summed E-state index contributed by atoms with van der Waals surface area (Å²) in [5.74, 6) is 0. The number of rotatable bonds is 5. The van der Waals surface area contributed by atoms with Crippen LogP contribution in [0.3, 0.4) is 0 Å². The van der Waals surface area contributed by atoms with Crippen LogP contribution in [-0.4, -0.2) is 31.5 Å². The molecule has 2 aromatic rings. The molecule has 7 heteroatoms. The van der Waals surface area contributed by atoms with E-state index in [4.69, 9.17) is 0 Å². The highest BCUT2D eigenvalue weighted by Crippen LogP contribution is 2.25. The second-order valence-corrected chi connectivity index (χ2v) is 4.70. The van der Waals surface area contributed by atoms with E-state index in [1.807, 2.05) is 7.05 Å². The Hall–Kier alpha value is -1.34. The molecule has 0 aromatic carbocycles. The third kappa shape index (κ3) is 2.73. The summed E-state index contributed by atoms with van der Waals surface area (Å²) in [7, 11) is 1.87. The van der Waals surface area contributed by atoms with Crippen molar-refractivity contribution >= 4 is 15.9 Å². The Morgan fingerprint density at radius 1 is 1.39 bits per heavy atom. The highest BCUT2D eigenvalue weighted by molar-refractivity contribution is 9.10. The topological polar surface area (TPSA) is 68.5 Å². The van der Waals surface area contributed by atoms with Crippen LogP contribution in [0.2, 0.25) is 0 Å². The Balaban J connectivity index is 2.37. The van der Waals surface area contributed by atoms with Crippen molar-refractivity contribution < 1.29 is 0 Å². The molecule has 0 bridgehead atoms. The molecule has 0 fully saturated rings. The predicted octanol–water partition coefficient (Wildman–Crippen LogP) is 1.46. The number of halogens is 1. The SMILES string of the molecule is CCCNC(c1cncnc1)c1c(Br)nnn1C. The van der Waals surface area contributed by atoms with Crippen LogP contribution in [0.15, 0.2) is 23.3 Å². The summed E-state index contributed by atoms with van der Waals surface area (Å²) in [6.07, 6.45) is 6.18. The first-order valence-electron chi connectivity index (χ1n) is 5.77. The van der Waals surface area contributed by atoms with Gasteiger partial charge in [-0.2, -0.15) is 0 Å². The molecule has 0 spiro atoms. The lowest BCUT2D eigenvalue weighted by molar-refractivity contribution is 0.547. The van der Waals surface area contributed by atoms with Crippen molar-refractivity contribution in [1.29, 1.82) is 0 Å². The van der Waals surface area contributed by atoms with Gasteiger partial charge in [-0.15, -0.1) is 5.10 Å². The highest BCUT2D eigenvalue weighted by atomic mass is 79.9. The van der Waals surface area contributed by atoms with Crippen LogP contribution in [0.1, 0.15) is 30.6 Å². The molecule has 0 aliphatic carbocycles. The highest BCUT2D eigenvalue weighted by Gasteiger charge is 2.21. The molecule has 0 saturated heterocycles. The third-order valence-electron chi connectivity index (χ3n) is 2.61. The van der Waals surface area contributed by atoms with Crippen LogP contribution < -0.4 is 5.32 Å². The average Bonchev–Trinajstić information content (AvgIpc) is 2.72. The first kappa shape index (κ1) is 13.1. The maximum absolute atomic E-state index is 4.07. The van der Waals surface area contributed by atoms with Crippen molar-refractivity contribution in [2.24, 2.45) is 7.05 Å². The monoisotopic (exact) mass is 310 g/mol. The summed E-state index contributed by atoms with van der Waals surface area (Å²) in [5, 5.41) is 11.5. The van der Waals surface area contributed by atoms with Crippen molar-refractivity contribution in [3.05, 3.63) is 34.6 Å². The molecule has 0 amide bonds. The second-order valence-electron chi connectivity index (χ2n) is 3.95. The van der Waals surface area contributed by atoms with E-state index in [0.717, 1.165) is 28.8 Å². The minimum atomic E-state index is -0.0134. The fraction of sp³-hybridized carbons (Fsp3) is 0.455. The maximum Gasteiger partial charge on any atom is 0.153 e. The first-order chi connectivity index (χ1) is 8.74. The molecule has 1 unspecified atom stereocenters. The van der Waals surface area contributed by atoms with Crippen LogP contribution in [0.25, 0.3) is 0 Å². The van der Waals surface area contributed by atoms with Gasteiger partial charge < -0.3 is 5.32 Å². The molecule has 2 aromatic heterocycles. The summed E-state index contributed by atoms with van der Waals surface area (Å²) in [6.45, 7) is 3.03. The van der Waals surface area contributed by atoms with E-state index in [1.54, 1.807) is 17.1 Å². The lowest BCUT2D eigenvalue weighted by atomic mass is 10.1. The van der Waals surface area contributed by atoms with Gasteiger partial charge in [0, 0.05) is 25.0 Å². The quantitative estimate of drug-likeness (QED) is 0.905. The van der Waals surface area contributed by atoms with Gasteiger partial charge in [0.05, 0.1) is 11.7 Å². The van der Waals surface area contributed by atoms with Gasteiger partial charge in [-0.3, -0.25) is 0 Å². The van der Waals surface area contributed by atoms with Crippen molar-refractivity contribution in [2.75, 3.05) is 6.54 Å². The molecule has 1 atom stereocenters. The smallest absolute Gasteiger partial charge is 0.153 e. The zero-order chi connectivity index (χ0) is 13.0. The molecule has 18 heavy (non-hydrogen) atoms. The molecule has 1 N–H and O–H groups in total. The fourth-order valence-corrected chi connectivity index (χ4v) is 2.32. The van der Waals surface area contributed by atoms with E-state index >= 15 is 0 Å². The molecular weight excluding hydrogens is 296 g/mol. The molecule has 2 rings (SSSR count). The van der Waals surface area contributed by atoms with Crippen molar-refractivity contribution in [2.45, 2.75) is 19.4 Å². The number of nitrogens with one attached hydrogen (secondary N) is 1. The second kappa shape index (κ2) is 6.01. The lowest BCUT2D eigenvalue weighted by Crippen LogP contribution is -2.25. The van der Waals surface area contributed by atoms with Gasteiger partial charge in [-0.1, -0.05) is 12.1 Å². The Morgan fingerprint density at radius 2 is 2.11 bits per heavy atom. The van der Waals surface area contributed by atoms with E-state index in [-0.39, 0.29) is 6.04 Å². The first-order valence-corrected chi connectivity index (χ1v) is 6.56. The summed E-state index contributed by atoms with van der Waals surface area (Å²) in [4.78, 5) is 8.13. The molecule has 6 nitrogen and oxygen atoms in total. The molecule has 0 aliphatic rings. The van der Waals surface area contributed by atoms with E-state index < -0.39 is 0 Å². The minimum absolute atomic E-state index is 0.0134. The van der Waals surface area contributed by atoms with Crippen molar-refractivity contribution in [3.8, 4) is 0 Å². The van der Waals surface area contributed by atoms with E-state index in [2.05, 4.69) is 48.5 Å². The van der Waals surface area contributed by atoms with Crippen molar-refractivity contribution in [3.63, 3.8) is 0 Å². The number of aromatic nitrogens is 5. The minimum Gasteiger partial charge on any atom is -0.305 e. The summed E-state index contributed by atoms with van der Waals surface area (Å²) >= 11 is 3.43. The van der Waals surface area contributed by atoms with Gasteiger partial charge in [-0.25, -0.2) is 14.6 Å². The van der Waals surface area contributed by atoms with Crippen LogP contribution in [0.5, 0.6) is 0 Å². The molecule has 96 valence electrons. The largest absolute Gasteiger partial charge is 0.305 e. The van der Waals surface area contributed by atoms with Gasteiger partial charge in [0.25, 0.3) is 0 Å². The molecule has 0 saturated carbocycles. The van der Waals surface area contributed by atoms with E-state index in [1.165, 1.54) is 6.33 Å². The molecular formula is C11H15BrN6. The predicted molar refractivity (Wildman–Crippen MR) is 70.9 cm³/mol. The van der Waals surface area contributed by atoms with Gasteiger partial charge in [0.2, 0.25) is 0 Å². The summed E-state index contributed by atoms with van der Waals surface area (Å²) < 4.78 is 2.49. The van der Waals surface area contributed by atoms with Gasteiger partial charge in [0.1, 0.15) is 6.33 Å². The Morgan fingerprint density at radius 3 is 2.67 bits per heavy atom. The zero-order valence-corrected chi connectivity index (χ0v) is 11.9. The lowest BCUT2D eigenvalue weighted by Gasteiger charge is -2.18. The normalized spacial score (nSPS) is 12.6. The number of aryl methyl sites for hydroxylation is 1. The average molecular weight is 311 g/mol. The Bertz CT molecular complexity index is 478. The molecule has 2 heterocycles. The maximum atomic E-state index is 4.07. The molecule has 0 aliphatic heterocycles. The van der Waals surface area contributed by atoms with E-state index in [9.17, 15) is 0 Å². The van der Waals surface area contributed by atoms with Crippen LogP contribution in [0.4, 0.5) is 0 Å². The van der Waals surface area contributed by atoms with Crippen LogP contribution in [0, 0.1) is 0 Å². The fourth-order valence-electron chi connectivity index (χ4n) is 1.77. The van der Waals surface area contributed by atoms with Gasteiger partial charge >= 0.3 is 0 Å². The summed E-state index contributed by atoms with van der Waals surface area (Å²) in [6, 6.07) is -0.0134. The Kier molecular flexibility index (Phi) is 4.38. The third-order valence-corrected chi connectivity index (χ3v) is 3.18. The van der Waals surface area contributed by atoms with E-state index in [0.29, 0.717) is 0 Å². The molecule has 0 radical (unpaired) electrons. The Labute approximate surface area is 114 Å². The van der Waals surface area contributed by atoms with Gasteiger partial charge in [0.15, 0.2) is 4.60 Å².